The van der Waals surface area contributed by atoms with Crippen molar-refractivity contribution in [2.45, 2.75) is 46.2 Å². The summed E-state index contributed by atoms with van der Waals surface area (Å²) in [5, 5.41) is 3.00. The van der Waals surface area contributed by atoms with Gasteiger partial charge in [-0.05, 0) is 41.7 Å². The van der Waals surface area contributed by atoms with Crippen molar-refractivity contribution in [1.29, 1.82) is 0 Å². The van der Waals surface area contributed by atoms with Gasteiger partial charge in [-0.3, -0.25) is 9.59 Å². The molecule has 0 aliphatic carbocycles. The third-order valence-corrected chi connectivity index (χ3v) is 6.24. The van der Waals surface area contributed by atoms with Crippen molar-refractivity contribution < 1.29 is 9.59 Å². The predicted molar refractivity (Wildman–Crippen MR) is 144 cm³/mol. The van der Waals surface area contributed by atoms with Crippen molar-refractivity contribution in [3.05, 3.63) is 90.3 Å². The number of nitrogens with one attached hydrogen (secondary N) is 1. The third-order valence-electron chi connectivity index (χ3n) is 6.24. The summed E-state index contributed by atoms with van der Waals surface area (Å²) in [6.07, 6.45) is 2.13. The largest absolute Gasteiger partial charge is 0.349 e. The zero-order valence-corrected chi connectivity index (χ0v) is 21.1. The molecule has 1 N–H and O–H groups in total. The average molecular weight is 483 g/mol. The molecule has 0 fully saturated rings. The average Bonchev–Trinajstić information content (AvgIpc) is 3.25. The van der Waals surface area contributed by atoms with Crippen molar-refractivity contribution in [1.82, 2.24) is 19.8 Å². The lowest BCUT2D eigenvalue weighted by Crippen LogP contribution is -2.36. The highest BCUT2D eigenvalue weighted by Crippen LogP contribution is 2.20. The number of nitrogens with zero attached hydrogens (tertiary/aromatic N) is 3. The maximum atomic E-state index is 13.1. The maximum Gasteiger partial charge on any atom is 0.242 e. The van der Waals surface area contributed by atoms with Gasteiger partial charge >= 0.3 is 0 Å². The van der Waals surface area contributed by atoms with Crippen LogP contribution in [-0.2, 0) is 29.1 Å². The van der Waals surface area contributed by atoms with Crippen LogP contribution < -0.4 is 5.32 Å². The molecule has 0 saturated heterocycles. The molecular weight excluding hydrogens is 448 g/mol. The van der Waals surface area contributed by atoms with Crippen LogP contribution in [-0.4, -0.2) is 39.4 Å². The number of amides is 2. The van der Waals surface area contributed by atoms with Gasteiger partial charge in [-0.2, -0.15) is 0 Å². The minimum absolute atomic E-state index is 0.0768. The number of hydrogen-bond acceptors (Lipinski definition) is 3. The summed E-state index contributed by atoms with van der Waals surface area (Å²) in [7, 11) is 0. The van der Waals surface area contributed by atoms with E-state index in [1.165, 1.54) is 0 Å². The zero-order valence-electron chi connectivity index (χ0n) is 21.1. The summed E-state index contributed by atoms with van der Waals surface area (Å²) in [6, 6.07) is 26.0. The number of carbonyl (C=O) groups is 2. The lowest BCUT2D eigenvalue weighted by Gasteiger charge is -2.22. The van der Waals surface area contributed by atoms with Gasteiger partial charge < -0.3 is 14.8 Å². The third kappa shape index (κ3) is 6.19. The number of aromatic nitrogens is 2. The molecule has 0 aliphatic rings. The number of hydrogen-bond donors (Lipinski definition) is 1. The van der Waals surface area contributed by atoms with Crippen LogP contribution in [0.3, 0.4) is 0 Å². The number of fused-ring (bicyclic) bond motifs is 1. The Kier molecular flexibility index (Phi) is 8.50. The van der Waals surface area contributed by atoms with Crippen LogP contribution in [0.2, 0.25) is 0 Å². The van der Waals surface area contributed by atoms with E-state index in [0.29, 0.717) is 5.82 Å². The highest BCUT2D eigenvalue weighted by atomic mass is 16.2. The van der Waals surface area contributed by atoms with E-state index in [2.05, 4.69) is 31.3 Å². The molecule has 1 heterocycles. The SMILES string of the molecule is CCCN(CCC)C(=O)Cn1c(CNC(=O)Cc2ccc(-c3ccccc3)cc2)nc2ccccc21. The maximum absolute atomic E-state index is 13.1. The Hall–Kier alpha value is -3.93. The normalized spacial score (nSPS) is 10.9. The molecule has 0 aliphatic heterocycles. The summed E-state index contributed by atoms with van der Waals surface area (Å²) >= 11 is 0. The highest BCUT2D eigenvalue weighted by Gasteiger charge is 2.18. The van der Waals surface area contributed by atoms with Gasteiger partial charge in [0.1, 0.15) is 12.4 Å². The first-order valence-corrected chi connectivity index (χ1v) is 12.7. The highest BCUT2D eigenvalue weighted by molar-refractivity contribution is 5.82. The van der Waals surface area contributed by atoms with E-state index in [9.17, 15) is 9.59 Å². The van der Waals surface area contributed by atoms with E-state index in [0.717, 1.165) is 53.7 Å². The minimum atomic E-state index is -0.0778. The summed E-state index contributed by atoms with van der Waals surface area (Å²) < 4.78 is 1.94. The first-order chi connectivity index (χ1) is 17.6. The molecule has 1 aromatic heterocycles. The molecule has 4 rings (SSSR count). The van der Waals surface area contributed by atoms with Gasteiger partial charge in [0.15, 0.2) is 0 Å². The first-order valence-electron chi connectivity index (χ1n) is 12.7. The molecule has 0 spiro atoms. The minimum Gasteiger partial charge on any atom is -0.349 e. The Balaban J connectivity index is 1.43. The van der Waals surface area contributed by atoms with E-state index in [4.69, 9.17) is 4.98 Å². The van der Waals surface area contributed by atoms with Crippen molar-refractivity contribution in [3.8, 4) is 11.1 Å². The molecule has 4 aromatic rings. The number of benzene rings is 3. The summed E-state index contributed by atoms with van der Waals surface area (Å²) in [4.78, 5) is 32.5. The molecule has 186 valence electrons. The van der Waals surface area contributed by atoms with Gasteiger partial charge in [-0.1, -0.05) is 80.6 Å². The number of rotatable bonds is 11. The Bertz CT molecular complexity index is 1290. The monoisotopic (exact) mass is 482 g/mol. The van der Waals surface area contributed by atoms with Crippen LogP contribution in [0.25, 0.3) is 22.2 Å². The summed E-state index contributed by atoms with van der Waals surface area (Å²) in [5.74, 6) is 0.684. The van der Waals surface area contributed by atoms with Crippen molar-refractivity contribution in [2.24, 2.45) is 0 Å². The van der Waals surface area contributed by atoms with E-state index < -0.39 is 0 Å². The molecule has 6 heteroatoms. The lowest BCUT2D eigenvalue weighted by molar-refractivity contribution is -0.131. The van der Waals surface area contributed by atoms with Gasteiger partial charge in [0, 0.05) is 13.1 Å². The van der Waals surface area contributed by atoms with Crippen LogP contribution in [0.4, 0.5) is 0 Å². The summed E-state index contributed by atoms with van der Waals surface area (Å²) in [6.45, 7) is 6.14. The van der Waals surface area contributed by atoms with Gasteiger partial charge in [0.05, 0.1) is 24.0 Å². The Morgan fingerprint density at radius 2 is 1.47 bits per heavy atom. The zero-order chi connectivity index (χ0) is 25.3. The fourth-order valence-electron chi connectivity index (χ4n) is 4.44. The van der Waals surface area contributed by atoms with E-state index in [-0.39, 0.29) is 31.3 Å². The number of carbonyl (C=O) groups excluding carboxylic acids is 2. The smallest absolute Gasteiger partial charge is 0.242 e. The van der Waals surface area contributed by atoms with Crippen LogP contribution >= 0.6 is 0 Å². The van der Waals surface area contributed by atoms with E-state index >= 15 is 0 Å². The van der Waals surface area contributed by atoms with Crippen LogP contribution in [0, 0.1) is 0 Å². The number of para-hydroxylation sites is 2. The van der Waals surface area contributed by atoms with E-state index in [1.54, 1.807) is 0 Å². The molecule has 3 aromatic carbocycles. The Morgan fingerprint density at radius 1 is 0.833 bits per heavy atom. The molecule has 0 unspecified atom stereocenters. The molecule has 0 saturated carbocycles. The second-order valence-electron chi connectivity index (χ2n) is 9.00. The van der Waals surface area contributed by atoms with Crippen molar-refractivity contribution >= 4 is 22.8 Å². The first kappa shape index (κ1) is 25.2. The lowest BCUT2D eigenvalue weighted by atomic mass is 10.0. The quantitative estimate of drug-likeness (QED) is 0.319. The van der Waals surface area contributed by atoms with Gasteiger partial charge in [0.2, 0.25) is 11.8 Å². The van der Waals surface area contributed by atoms with Gasteiger partial charge in [0.25, 0.3) is 0 Å². The molecule has 2 amide bonds. The Labute approximate surface area is 213 Å². The van der Waals surface area contributed by atoms with Crippen LogP contribution in [0.1, 0.15) is 38.1 Å². The molecule has 0 atom stereocenters. The van der Waals surface area contributed by atoms with Gasteiger partial charge in [-0.15, -0.1) is 0 Å². The van der Waals surface area contributed by atoms with Gasteiger partial charge in [-0.25, -0.2) is 4.98 Å². The van der Waals surface area contributed by atoms with E-state index in [1.807, 2.05) is 76.2 Å². The van der Waals surface area contributed by atoms with Crippen molar-refractivity contribution in [2.75, 3.05) is 13.1 Å². The summed E-state index contributed by atoms with van der Waals surface area (Å²) in [5.41, 5.74) is 4.95. The van der Waals surface area contributed by atoms with Crippen LogP contribution in [0.15, 0.2) is 78.9 Å². The molecule has 36 heavy (non-hydrogen) atoms. The molecule has 0 radical (unpaired) electrons. The number of imidazole rings is 1. The molecule has 6 nitrogen and oxygen atoms in total. The fourth-order valence-corrected chi connectivity index (χ4v) is 4.44. The second kappa shape index (κ2) is 12.2. The van der Waals surface area contributed by atoms with Crippen LogP contribution in [0.5, 0.6) is 0 Å². The Morgan fingerprint density at radius 3 is 2.17 bits per heavy atom. The molecule has 0 bridgehead atoms. The molecular formula is C30H34N4O2. The second-order valence-corrected chi connectivity index (χ2v) is 9.00. The predicted octanol–water partition coefficient (Wildman–Crippen LogP) is 5.21. The van der Waals surface area contributed by atoms with Crippen molar-refractivity contribution in [3.63, 3.8) is 0 Å². The topological polar surface area (TPSA) is 67.2 Å². The standard InChI is InChI=1S/C30H34N4O2/c1-3-18-33(19-4-2)30(36)22-34-27-13-9-8-12-26(27)32-28(34)21-31-29(35)20-23-14-16-25(17-15-23)24-10-6-5-7-11-24/h5-17H,3-4,18-22H2,1-2H3,(H,31,35). The fraction of sp³-hybridized carbons (Fsp3) is 0.300.